The van der Waals surface area contributed by atoms with Gasteiger partial charge in [-0.3, -0.25) is 4.98 Å². The van der Waals surface area contributed by atoms with Crippen LogP contribution in [0.4, 0.5) is 0 Å². The zero-order chi connectivity index (χ0) is 18.8. The Bertz CT molecular complexity index is 1080. The second kappa shape index (κ2) is 7.76. The lowest BCUT2D eigenvalue weighted by atomic mass is 9.99. The van der Waals surface area contributed by atoms with Crippen LogP contribution in [0, 0.1) is 0 Å². The lowest BCUT2D eigenvalue weighted by Crippen LogP contribution is -2.01. The molecule has 1 aromatic carbocycles. The highest BCUT2D eigenvalue weighted by atomic mass is 35.5. The molecule has 136 valence electrons. The third-order valence-electron chi connectivity index (χ3n) is 4.32. The molecule has 0 saturated carbocycles. The van der Waals surface area contributed by atoms with E-state index in [9.17, 15) is 0 Å². The molecule has 0 aliphatic carbocycles. The van der Waals surface area contributed by atoms with Crippen molar-refractivity contribution in [3.63, 3.8) is 0 Å². The van der Waals surface area contributed by atoms with Gasteiger partial charge in [-0.2, -0.15) is 10.2 Å². The number of rotatable bonds is 5. The van der Waals surface area contributed by atoms with E-state index < -0.39 is 0 Å². The molecule has 5 nitrogen and oxygen atoms in total. The molecule has 0 spiro atoms. The maximum absolute atomic E-state index is 6.28. The summed E-state index contributed by atoms with van der Waals surface area (Å²) in [5, 5.41) is 14.5. The average molecular weight is 417 g/mol. The molecule has 4 rings (SSSR count). The van der Waals surface area contributed by atoms with E-state index in [2.05, 4.69) is 20.2 Å². The zero-order valence-corrected chi connectivity index (χ0v) is 16.6. The summed E-state index contributed by atoms with van der Waals surface area (Å²) in [6, 6.07) is 3.94. The third kappa shape index (κ3) is 3.60. The van der Waals surface area contributed by atoms with E-state index in [1.807, 2.05) is 17.5 Å². The van der Waals surface area contributed by atoms with E-state index in [0.29, 0.717) is 22.9 Å². The molecule has 3 aromatic heterocycles. The van der Waals surface area contributed by atoms with Gasteiger partial charge in [0.05, 0.1) is 34.1 Å². The predicted molar refractivity (Wildman–Crippen MR) is 108 cm³/mol. The Morgan fingerprint density at radius 1 is 1.00 bits per heavy atom. The van der Waals surface area contributed by atoms with E-state index >= 15 is 0 Å². The molecule has 4 aromatic rings. The normalized spacial score (nSPS) is 11.1. The van der Waals surface area contributed by atoms with Gasteiger partial charge in [0.1, 0.15) is 5.75 Å². The van der Waals surface area contributed by atoms with Crippen LogP contribution in [0.1, 0.15) is 21.8 Å². The smallest absolute Gasteiger partial charge is 0.123 e. The fourth-order valence-electron chi connectivity index (χ4n) is 3.02. The van der Waals surface area contributed by atoms with Crippen molar-refractivity contribution in [3.8, 4) is 5.75 Å². The van der Waals surface area contributed by atoms with E-state index in [0.717, 1.165) is 38.4 Å². The molecular weight excluding hydrogens is 403 g/mol. The topological polar surface area (TPSA) is 60.8 Å². The van der Waals surface area contributed by atoms with Crippen molar-refractivity contribution in [1.29, 1.82) is 0 Å². The Morgan fingerprint density at radius 3 is 2.52 bits per heavy atom. The van der Waals surface area contributed by atoms with Gasteiger partial charge in [0, 0.05) is 53.1 Å². The number of methoxy groups -OCH3 is 1. The molecule has 0 atom stereocenters. The molecule has 0 aliphatic heterocycles. The minimum Gasteiger partial charge on any atom is -0.496 e. The Morgan fingerprint density at radius 2 is 1.81 bits per heavy atom. The summed E-state index contributed by atoms with van der Waals surface area (Å²) in [5.41, 5.74) is 2.62. The van der Waals surface area contributed by atoms with Gasteiger partial charge < -0.3 is 4.74 Å². The van der Waals surface area contributed by atoms with Crippen molar-refractivity contribution < 1.29 is 4.74 Å². The highest BCUT2D eigenvalue weighted by Crippen LogP contribution is 2.33. The van der Waals surface area contributed by atoms with Crippen LogP contribution in [0.3, 0.4) is 0 Å². The number of hydrogen-bond acceptors (Lipinski definition) is 6. The molecule has 0 N–H and O–H groups in total. The summed E-state index contributed by atoms with van der Waals surface area (Å²) in [4.78, 5) is 8.40. The monoisotopic (exact) mass is 416 g/mol. The van der Waals surface area contributed by atoms with Gasteiger partial charge >= 0.3 is 0 Å². The Labute approximate surface area is 170 Å². The average Bonchev–Trinajstić information content (AvgIpc) is 3.18. The Kier molecular flexibility index (Phi) is 5.20. The SMILES string of the molecule is COc1ccc2c(Cc3c(Cl)cncc3Cl)nncc2c1Cc1nccs1. The molecule has 0 aliphatic rings. The molecule has 0 amide bonds. The fraction of sp³-hybridized carbons (Fsp3) is 0.158. The van der Waals surface area contributed by atoms with Crippen molar-refractivity contribution in [3.05, 3.63) is 74.2 Å². The molecular formula is C19H14Cl2N4OS. The number of benzene rings is 1. The molecule has 0 unspecified atom stereocenters. The third-order valence-corrected chi connectivity index (χ3v) is 5.75. The fourth-order valence-corrected chi connectivity index (χ4v) is 4.15. The van der Waals surface area contributed by atoms with Gasteiger partial charge in [0.2, 0.25) is 0 Å². The molecule has 0 radical (unpaired) electrons. The van der Waals surface area contributed by atoms with Crippen LogP contribution in [0.2, 0.25) is 10.0 Å². The first-order valence-electron chi connectivity index (χ1n) is 8.13. The lowest BCUT2D eigenvalue weighted by molar-refractivity contribution is 0.411. The standard InChI is InChI=1S/C19H14Cl2N4OS/c1-26-18-3-2-11-14(12(18)7-19-23-4-5-27-19)8-24-25-17(11)6-13-15(20)9-22-10-16(13)21/h2-5,8-10H,6-7H2,1H3. The van der Waals surface area contributed by atoms with Crippen LogP contribution in [0.25, 0.3) is 10.8 Å². The van der Waals surface area contributed by atoms with Gasteiger partial charge in [-0.1, -0.05) is 23.2 Å². The Hall–Kier alpha value is -2.28. The number of nitrogens with zero attached hydrogens (tertiary/aromatic N) is 4. The minimum absolute atomic E-state index is 0.466. The first kappa shape index (κ1) is 18.1. The van der Waals surface area contributed by atoms with Gasteiger partial charge in [0.15, 0.2) is 0 Å². The lowest BCUT2D eigenvalue weighted by Gasteiger charge is -2.13. The minimum atomic E-state index is 0.466. The zero-order valence-electron chi connectivity index (χ0n) is 14.3. The highest BCUT2D eigenvalue weighted by Gasteiger charge is 2.16. The summed E-state index contributed by atoms with van der Waals surface area (Å²) in [6.45, 7) is 0. The van der Waals surface area contributed by atoms with Crippen LogP contribution in [-0.4, -0.2) is 27.3 Å². The van der Waals surface area contributed by atoms with Crippen LogP contribution in [0.5, 0.6) is 5.75 Å². The van der Waals surface area contributed by atoms with Crippen LogP contribution in [0.15, 0.2) is 42.3 Å². The Balaban J connectivity index is 1.84. The second-order valence-corrected chi connectivity index (χ2v) is 7.65. The molecule has 0 saturated heterocycles. The van der Waals surface area contributed by atoms with E-state index in [-0.39, 0.29) is 0 Å². The van der Waals surface area contributed by atoms with Gasteiger partial charge in [-0.05, 0) is 17.7 Å². The molecule has 0 fully saturated rings. The maximum Gasteiger partial charge on any atom is 0.123 e. The van der Waals surface area contributed by atoms with Crippen molar-refractivity contribution in [2.45, 2.75) is 12.8 Å². The van der Waals surface area contributed by atoms with Gasteiger partial charge in [-0.25, -0.2) is 4.98 Å². The van der Waals surface area contributed by atoms with Crippen LogP contribution in [-0.2, 0) is 12.8 Å². The summed E-state index contributed by atoms with van der Waals surface area (Å²) in [5.74, 6) is 0.802. The van der Waals surface area contributed by atoms with Crippen LogP contribution >= 0.6 is 34.5 Å². The number of halogens is 2. The number of aromatic nitrogens is 4. The first-order chi connectivity index (χ1) is 13.2. The van der Waals surface area contributed by atoms with Gasteiger partial charge in [0.25, 0.3) is 0 Å². The quantitative estimate of drug-likeness (QED) is 0.459. The summed E-state index contributed by atoms with van der Waals surface area (Å²) in [6.07, 6.45) is 7.86. The van der Waals surface area contributed by atoms with Gasteiger partial charge in [-0.15, -0.1) is 11.3 Å². The van der Waals surface area contributed by atoms with E-state index in [4.69, 9.17) is 27.9 Å². The number of ether oxygens (including phenoxy) is 1. The second-order valence-electron chi connectivity index (χ2n) is 5.86. The van der Waals surface area contributed by atoms with Crippen LogP contribution < -0.4 is 4.74 Å². The van der Waals surface area contributed by atoms with Crippen molar-refractivity contribution in [1.82, 2.24) is 20.2 Å². The molecule has 0 bridgehead atoms. The van der Waals surface area contributed by atoms with Crippen molar-refractivity contribution in [2.75, 3.05) is 7.11 Å². The van der Waals surface area contributed by atoms with Crippen molar-refractivity contribution >= 4 is 45.3 Å². The summed E-state index contributed by atoms with van der Waals surface area (Å²) >= 11 is 14.2. The van der Waals surface area contributed by atoms with E-state index in [1.54, 1.807) is 43.2 Å². The molecule has 3 heterocycles. The number of hydrogen-bond donors (Lipinski definition) is 0. The number of thiazole rings is 1. The number of fused-ring (bicyclic) bond motifs is 1. The first-order valence-corrected chi connectivity index (χ1v) is 9.77. The predicted octanol–water partition coefficient (Wildman–Crippen LogP) is 4.98. The summed E-state index contributed by atoms with van der Waals surface area (Å²) < 4.78 is 5.58. The van der Waals surface area contributed by atoms with E-state index in [1.165, 1.54) is 0 Å². The largest absolute Gasteiger partial charge is 0.496 e. The molecule has 27 heavy (non-hydrogen) atoms. The maximum atomic E-state index is 6.28. The molecule has 8 heteroatoms. The number of pyridine rings is 1. The highest BCUT2D eigenvalue weighted by molar-refractivity contribution is 7.09. The summed E-state index contributed by atoms with van der Waals surface area (Å²) in [7, 11) is 1.67. The van der Waals surface area contributed by atoms with Crippen molar-refractivity contribution in [2.24, 2.45) is 0 Å².